The molecule has 0 radical (unpaired) electrons. The molecule has 0 spiro atoms. The highest BCUT2D eigenvalue weighted by Gasteiger charge is 2.29. The average Bonchev–Trinajstić information content (AvgIpc) is 3.16. The van der Waals surface area contributed by atoms with Crippen molar-refractivity contribution >= 4 is 39.2 Å². The summed E-state index contributed by atoms with van der Waals surface area (Å²) in [7, 11) is 0. The monoisotopic (exact) mass is 371 g/mol. The van der Waals surface area contributed by atoms with Crippen LogP contribution in [0.2, 0.25) is 0 Å². The molecule has 0 N–H and O–H groups in total. The van der Waals surface area contributed by atoms with Gasteiger partial charge in [-0.15, -0.1) is 11.3 Å². The molecule has 1 saturated heterocycles. The molecule has 3 heterocycles. The molecular formula is C18H17N3O2S2. The Hall–Kier alpha value is -1.96. The summed E-state index contributed by atoms with van der Waals surface area (Å²) in [6, 6.07) is 11.9. The van der Waals surface area contributed by atoms with Crippen molar-refractivity contribution in [1.82, 2.24) is 14.9 Å². The molecule has 1 aromatic carbocycles. The Morgan fingerprint density at radius 1 is 1.16 bits per heavy atom. The zero-order valence-electron chi connectivity index (χ0n) is 13.5. The topological polar surface area (TPSA) is 55.3 Å². The molecule has 128 valence electrons. The van der Waals surface area contributed by atoms with Gasteiger partial charge in [-0.05, 0) is 17.0 Å². The number of amides is 1. The van der Waals surface area contributed by atoms with Crippen molar-refractivity contribution in [3.63, 3.8) is 0 Å². The van der Waals surface area contributed by atoms with E-state index in [4.69, 9.17) is 4.74 Å². The molecule has 1 aliphatic heterocycles. The van der Waals surface area contributed by atoms with Crippen molar-refractivity contribution < 1.29 is 9.53 Å². The summed E-state index contributed by atoms with van der Waals surface area (Å²) in [4.78, 5) is 24.8. The van der Waals surface area contributed by atoms with Gasteiger partial charge in [0, 0.05) is 18.5 Å². The van der Waals surface area contributed by atoms with Crippen LogP contribution in [0.4, 0.5) is 0 Å². The number of aromatic nitrogens is 2. The van der Waals surface area contributed by atoms with Crippen LogP contribution in [-0.4, -0.2) is 47.1 Å². The quantitative estimate of drug-likeness (QED) is 0.520. The number of carbonyl (C=O) groups is 1. The predicted molar refractivity (Wildman–Crippen MR) is 99.9 cm³/mol. The summed E-state index contributed by atoms with van der Waals surface area (Å²) in [5.74, 6) is 0.112. The third kappa shape index (κ3) is 3.53. The third-order valence-corrected chi connectivity index (χ3v) is 6.18. The molecule has 1 aliphatic rings. The van der Waals surface area contributed by atoms with E-state index in [-0.39, 0.29) is 11.2 Å². The molecule has 5 nitrogen and oxygen atoms in total. The summed E-state index contributed by atoms with van der Waals surface area (Å²) in [6.07, 6.45) is 1.57. The van der Waals surface area contributed by atoms with E-state index in [1.54, 1.807) is 17.7 Å². The fourth-order valence-electron chi connectivity index (χ4n) is 2.81. The van der Waals surface area contributed by atoms with Crippen LogP contribution >= 0.6 is 23.1 Å². The van der Waals surface area contributed by atoms with Crippen LogP contribution in [0.3, 0.4) is 0 Å². The van der Waals surface area contributed by atoms with E-state index >= 15 is 0 Å². The Bertz CT molecular complexity index is 863. The Morgan fingerprint density at radius 3 is 2.76 bits per heavy atom. The van der Waals surface area contributed by atoms with Gasteiger partial charge in [0.05, 0.1) is 13.2 Å². The first-order valence-corrected chi connectivity index (χ1v) is 9.85. The molecule has 1 fully saturated rings. The molecule has 25 heavy (non-hydrogen) atoms. The maximum Gasteiger partial charge on any atom is 0.240 e. The van der Waals surface area contributed by atoms with Crippen molar-refractivity contribution in [2.45, 2.75) is 10.3 Å². The zero-order valence-corrected chi connectivity index (χ0v) is 15.1. The lowest BCUT2D eigenvalue weighted by atomic mass is 10.1. The Kier molecular flexibility index (Phi) is 4.96. The molecule has 0 aliphatic carbocycles. The fraction of sp³-hybridized carbons (Fsp3) is 0.278. The van der Waals surface area contributed by atoms with Gasteiger partial charge in [-0.1, -0.05) is 42.1 Å². The van der Waals surface area contributed by atoms with E-state index in [9.17, 15) is 4.79 Å². The number of hydrogen-bond acceptors (Lipinski definition) is 6. The van der Waals surface area contributed by atoms with Gasteiger partial charge in [-0.3, -0.25) is 4.79 Å². The Labute approximate surface area is 154 Å². The molecule has 1 atom stereocenters. The van der Waals surface area contributed by atoms with E-state index in [0.717, 1.165) is 20.8 Å². The SMILES string of the molecule is O=C([C@H](Sc1ncnc2sccc12)c1ccccc1)N1CCOCC1. The number of nitrogens with zero attached hydrogens (tertiary/aromatic N) is 3. The van der Waals surface area contributed by atoms with E-state index in [1.165, 1.54) is 11.8 Å². The first-order chi connectivity index (χ1) is 12.3. The highest BCUT2D eigenvalue weighted by atomic mass is 32.2. The van der Waals surface area contributed by atoms with Crippen molar-refractivity contribution in [2.75, 3.05) is 26.3 Å². The first kappa shape index (κ1) is 16.5. The number of hydrogen-bond donors (Lipinski definition) is 0. The highest BCUT2D eigenvalue weighted by Crippen LogP contribution is 2.39. The van der Waals surface area contributed by atoms with Crippen LogP contribution in [-0.2, 0) is 9.53 Å². The minimum absolute atomic E-state index is 0.112. The summed E-state index contributed by atoms with van der Waals surface area (Å²) >= 11 is 3.09. The minimum Gasteiger partial charge on any atom is -0.378 e. The van der Waals surface area contributed by atoms with E-state index < -0.39 is 0 Å². The average molecular weight is 371 g/mol. The number of benzene rings is 1. The Balaban J connectivity index is 1.68. The normalized spacial score (nSPS) is 16.1. The van der Waals surface area contributed by atoms with E-state index in [2.05, 4.69) is 9.97 Å². The first-order valence-electron chi connectivity index (χ1n) is 8.09. The number of rotatable bonds is 4. The number of fused-ring (bicyclic) bond motifs is 1. The third-order valence-electron chi connectivity index (χ3n) is 4.10. The van der Waals surface area contributed by atoms with Gasteiger partial charge in [0.1, 0.15) is 21.4 Å². The van der Waals surface area contributed by atoms with Crippen molar-refractivity contribution in [3.8, 4) is 0 Å². The number of thiophene rings is 1. The lowest BCUT2D eigenvalue weighted by molar-refractivity contribution is -0.134. The summed E-state index contributed by atoms with van der Waals surface area (Å²) < 4.78 is 5.38. The molecule has 7 heteroatoms. The van der Waals surface area contributed by atoms with Crippen LogP contribution in [0.1, 0.15) is 10.8 Å². The largest absolute Gasteiger partial charge is 0.378 e. The second-order valence-corrected chi connectivity index (χ2v) is 7.65. The standard InChI is InChI=1S/C18H17N3O2S2/c22-18(21-7-9-23-10-8-21)15(13-4-2-1-3-5-13)25-17-14-6-11-24-16(14)19-12-20-17/h1-6,11-12,15H,7-10H2/t15-/m1/s1. The molecular weight excluding hydrogens is 354 g/mol. The maximum absolute atomic E-state index is 13.2. The van der Waals surface area contributed by atoms with Crippen molar-refractivity contribution in [3.05, 3.63) is 53.7 Å². The predicted octanol–water partition coefficient (Wildman–Crippen LogP) is 3.38. The maximum atomic E-state index is 13.2. The van der Waals surface area contributed by atoms with Crippen LogP contribution in [0.15, 0.2) is 53.1 Å². The van der Waals surface area contributed by atoms with E-state index in [1.807, 2.05) is 46.7 Å². The van der Waals surface area contributed by atoms with Gasteiger partial charge in [0.2, 0.25) is 5.91 Å². The molecule has 2 aromatic heterocycles. The lowest BCUT2D eigenvalue weighted by Crippen LogP contribution is -2.42. The highest BCUT2D eigenvalue weighted by molar-refractivity contribution is 8.00. The van der Waals surface area contributed by atoms with Gasteiger partial charge >= 0.3 is 0 Å². The van der Waals surface area contributed by atoms with E-state index in [0.29, 0.717) is 26.3 Å². The van der Waals surface area contributed by atoms with Gasteiger partial charge in [-0.2, -0.15) is 0 Å². The van der Waals surface area contributed by atoms with Gasteiger partial charge in [-0.25, -0.2) is 9.97 Å². The van der Waals surface area contributed by atoms with Crippen LogP contribution in [0.25, 0.3) is 10.2 Å². The summed E-state index contributed by atoms with van der Waals surface area (Å²) in [5.41, 5.74) is 0.992. The Morgan fingerprint density at radius 2 is 1.96 bits per heavy atom. The van der Waals surface area contributed by atoms with Crippen LogP contribution in [0.5, 0.6) is 0 Å². The number of thioether (sulfide) groups is 1. The number of carbonyl (C=O) groups excluding carboxylic acids is 1. The fourth-order valence-corrected chi connectivity index (χ4v) is 4.77. The van der Waals surface area contributed by atoms with Gasteiger partial charge in [0.25, 0.3) is 0 Å². The molecule has 3 aromatic rings. The lowest BCUT2D eigenvalue weighted by Gasteiger charge is -2.30. The second-order valence-electron chi connectivity index (χ2n) is 5.66. The zero-order chi connectivity index (χ0) is 17.1. The van der Waals surface area contributed by atoms with Crippen molar-refractivity contribution in [2.24, 2.45) is 0 Å². The van der Waals surface area contributed by atoms with Gasteiger partial charge < -0.3 is 9.64 Å². The number of ether oxygens (including phenoxy) is 1. The summed E-state index contributed by atoms with van der Waals surface area (Å²) in [5, 5.41) is 3.54. The number of morpholine rings is 1. The molecule has 0 saturated carbocycles. The second kappa shape index (κ2) is 7.51. The van der Waals surface area contributed by atoms with Crippen molar-refractivity contribution in [1.29, 1.82) is 0 Å². The minimum atomic E-state index is -0.322. The van der Waals surface area contributed by atoms with Gasteiger partial charge in [0.15, 0.2) is 0 Å². The molecule has 0 bridgehead atoms. The van der Waals surface area contributed by atoms with Crippen LogP contribution < -0.4 is 0 Å². The molecule has 1 amide bonds. The van der Waals surface area contributed by atoms with Crippen LogP contribution in [0, 0.1) is 0 Å². The smallest absolute Gasteiger partial charge is 0.240 e. The summed E-state index contributed by atoms with van der Waals surface area (Å²) in [6.45, 7) is 2.47. The molecule has 4 rings (SSSR count). The molecule has 0 unspecified atom stereocenters.